The first-order chi connectivity index (χ1) is 12.9. The molecule has 0 aromatic heterocycles. The molecule has 2 rings (SSSR count). The van der Waals surface area contributed by atoms with Gasteiger partial charge in [-0.2, -0.15) is 0 Å². The Labute approximate surface area is 165 Å². The van der Waals surface area contributed by atoms with E-state index in [9.17, 15) is 9.18 Å². The maximum Gasteiger partial charge on any atom is 0.243 e. The van der Waals surface area contributed by atoms with Gasteiger partial charge in [0.25, 0.3) is 0 Å². The minimum Gasteiger partial charge on any atom is -0.357 e. The molecule has 1 aromatic rings. The molecule has 2 N–H and O–H groups in total. The van der Waals surface area contributed by atoms with Crippen molar-refractivity contribution in [2.24, 2.45) is 4.99 Å². The summed E-state index contributed by atoms with van der Waals surface area (Å²) in [6.45, 7) is 4.93. The summed E-state index contributed by atoms with van der Waals surface area (Å²) in [7, 11) is 3.39. The van der Waals surface area contributed by atoms with Gasteiger partial charge < -0.3 is 15.5 Å². The van der Waals surface area contributed by atoms with Gasteiger partial charge >= 0.3 is 0 Å². The van der Waals surface area contributed by atoms with E-state index in [0.29, 0.717) is 29.6 Å². The summed E-state index contributed by atoms with van der Waals surface area (Å²) in [4.78, 5) is 19.9. The third-order valence-electron chi connectivity index (χ3n) is 4.59. The van der Waals surface area contributed by atoms with E-state index in [1.807, 2.05) is 6.92 Å². The summed E-state index contributed by atoms with van der Waals surface area (Å²) in [6.07, 6.45) is 2.18. The first-order valence-corrected chi connectivity index (χ1v) is 9.72. The highest BCUT2D eigenvalue weighted by Crippen LogP contribution is 2.31. The lowest BCUT2D eigenvalue weighted by Gasteiger charge is -2.29. The minimum atomic E-state index is -0.300. The van der Waals surface area contributed by atoms with Gasteiger partial charge in [-0.25, -0.2) is 9.38 Å². The highest BCUT2D eigenvalue weighted by molar-refractivity contribution is 6.31. The van der Waals surface area contributed by atoms with Crippen molar-refractivity contribution in [1.82, 2.24) is 20.4 Å². The number of carbonyl (C=O) groups is 1. The molecule has 150 valence electrons. The summed E-state index contributed by atoms with van der Waals surface area (Å²) in [5.74, 6) is 0.149. The zero-order valence-corrected chi connectivity index (χ0v) is 17.0. The van der Waals surface area contributed by atoms with Gasteiger partial charge in [0.1, 0.15) is 12.4 Å². The van der Waals surface area contributed by atoms with Gasteiger partial charge in [-0.1, -0.05) is 17.7 Å². The van der Waals surface area contributed by atoms with Crippen LogP contribution in [0.25, 0.3) is 0 Å². The lowest BCUT2D eigenvalue weighted by atomic mass is 10.0. The maximum atomic E-state index is 14.5. The molecule has 27 heavy (non-hydrogen) atoms. The minimum absolute atomic E-state index is 0.0527. The van der Waals surface area contributed by atoms with Crippen LogP contribution in [0.2, 0.25) is 5.02 Å². The predicted molar refractivity (Wildman–Crippen MR) is 108 cm³/mol. The molecule has 1 heterocycles. The van der Waals surface area contributed by atoms with E-state index in [2.05, 4.69) is 20.5 Å². The van der Waals surface area contributed by atoms with Crippen LogP contribution < -0.4 is 10.6 Å². The Morgan fingerprint density at radius 1 is 1.33 bits per heavy atom. The van der Waals surface area contributed by atoms with E-state index in [1.54, 1.807) is 26.2 Å². The van der Waals surface area contributed by atoms with Gasteiger partial charge in [0.05, 0.1) is 6.04 Å². The second-order valence-corrected chi connectivity index (χ2v) is 7.17. The maximum absolute atomic E-state index is 14.5. The molecule has 1 aliphatic rings. The van der Waals surface area contributed by atoms with E-state index < -0.39 is 0 Å². The average molecular weight is 398 g/mol. The molecule has 6 nitrogen and oxygen atoms in total. The summed E-state index contributed by atoms with van der Waals surface area (Å²) < 4.78 is 14.5. The zero-order valence-electron chi connectivity index (χ0n) is 16.3. The van der Waals surface area contributed by atoms with Crippen LogP contribution in [-0.2, 0) is 4.79 Å². The molecule has 0 aliphatic carbocycles. The summed E-state index contributed by atoms with van der Waals surface area (Å²) >= 11 is 6.33. The van der Waals surface area contributed by atoms with Crippen molar-refractivity contribution in [1.29, 1.82) is 0 Å². The normalized spacial score (nSPS) is 16.3. The van der Waals surface area contributed by atoms with Gasteiger partial charge in [0, 0.05) is 37.8 Å². The molecular weight excluding hydrogens is 369 g/mol. The van der Waals surface area contributed by atoms with Gasteiger partial charge in [-0.05, 0) is 45.0 Å². The molecule has 1 amide bonds. The standard InChI is InChI=1S/C19H29ClFN5O/c1-4-22-19(24-13-17(27)25(2)3)23-12-16(26-10-5-6-11-26)18-14(20)8-7-9-15(18)21/h7-9,16H,4-6,10-13H2,1-3H3,(H2,22,23,24). The van der Waals surface area contributed by atoms with E-state index in [1.165, 1.54) is 11.0 Å². The van der Waals surface area contributed by atoms with Crippen molar-refractivity contribution in [2.45, 2.75) is 25.8 Å². The number of aliphatic imine (C=N–C) groups is 1. The number of likely N-dealkylation sites (tertiary alicyclic amines) is 1. The molecule has 8 heteroatoms. The molecule has 1 unspecified atom stereocenters. The number of amides is 1. The quantitative estimate of drug-likeness (QED) is 0.547. The van der Waals surface area contributed by atoms with Crippen LogP contribution in [0.5, 0.6) is 0 Å². The van der Waals surface area contributed by atoms with E-state index in [4.69, 9.17) is 11.6 Å². The topological polar surface area (TPSA) is 60.0 Å². The fourth-order valence-corrected chi connectivity index (χ4v) is 3.41. The number of hydrogen-bond donors (Lipinski definition) is 2. The van der Waals surface area contributed by atoms with Crippen LogP contribution >= 0.6 is 11.6 Å². The van der Waals surface area contributed by atoms with Crippen LogP contribution in [0.3, 0.4) is 0 Å². The molecule has 1 atom stereocenters. The first kappa shape index (κ1) is 21.4. The molecule has 1 aliphatic heterocycles. The molecular formula is C19H29ClFN5O. The zero-order chi connectivity index (χ0) is 19.8. The highest BCUT2D eigenvalue weighted by Gasteiger charge is 2.27. The monoisotopic (exact) mass is 397 g/mol. The number of rotatable bonds is 7. The summed E-state index contributed by atoms with van der Waals surface area (Å²) in [6, 6.07) is 4.58. The van der Waals surface area contributed by atoms with Crippen molar-refractivity contribution in [2.75, 3.05) is 46.8 Å². The van der Waals surface area contributed by atoms with Crippen molar-refractivity contribution < 1.29 is 9.18 Å². The summed E-state index contributed by atoms with van der Waals surface area (Å²) in [5.41, 5.74) is 0.508. The Hall–Kier alpha value is -1.86. The lowest BCUT2D eigenvalue weighted by Crippen LogP contribution is -2.43. The number of hydrogen-bond acceptors (Lipinski definition) is 3. The Morgan fingerprint density at radius 2 is 2.04 bits per heavy atom. The largest absolute Gasteiger partial charge is 0.357 e. The first-order valence-electron chi connectivity index (χ1n) is 9.34. The Balaban J connectivity index is 2.16. The fourth-order valence-electron chi connectivity index (χ4n) is 3.12. The molecule has 0 saturated carbocycles. The van der Waals surface area contributed by atoms with Crippen molar-refractivity contribution in [3.05, 3.63) is 34.6 Å². The molecule has 0 bridgehead atoms. The van der Waals surface area contributed by atoms with Crippen LogP contribution in [-0.4, -0.2) is 68.5 Å². The van der Waals surface area contributed by atoms with Crippen LogP contribution in [0.1, 0.15) is 31.4 Å². The molecule has 1 aromatic carbocycles. The van der Waals surface area contributed by atoms with E-state index >= 15 is 0 Å². The lowest BCUT2D eigenvalue weighted by molar-refractivity contribution is -0.127. The third-order valence-corrected chi connectivity index (χ3v) is 4.92. The number of guanidine groups is 1. The van der Waals surface area contributed by atoms with Gasteiger partial charge in [0.2, 0.25) is 5.91 Å². The number of likely N-dealkylation sites (N-methyl/N-ethyl adjacent to an activating group) is 1. The fraction of sp³-hybridized carbons (Fsp3) is 0.579. The second kappa shape index (κ2) is 10.5. The SMILES string of the molecule is CCNC(=NCC(=O)N(C)C)NCC(c1c(F)cccc1Cl)N1CCCC1. The number of nitrogens with zero attached hydrogens (tertiary/aromatic N) is 3. The van der Waals surface area contributed by atoms with Gasteiger partial charge in [-0.3, -0.25) is 9.69 Å². The highest BCUT2D eigenvalue weighted by atomic mass is 35.5. The Morgan fingerprint density at radius 3 is 2.63 bits per heavy atom. The van der Waals surface area contributed by atoms with Crippen molar-refractivity contribution >= 4 is 23.5 Å². The number of carbonyl (C=O) groups excluding carboxylic acids is 1. The molecule has 0 radical (unpaired) electrons. The molecule has 1 fully saturated rings. The Kier molecular flexibility index (Phi) is 8.31. The predicted octanol–water partition coefficient (Wildman–Crippen LogP) is 2.26. The van der Waals surface area contributed by atoms with E-state index in [-0.39, 0.29) is 24.3 Å². The van der Waals surface area contributed by atoms with E-state index in [0.717, 1.165) is 25.9 Å². The van der Waals surface area contributed by atoms with Gasteiger partial charge in [0.15, 0.2) is 5.96 Å². The number of nitrogens with one attached hydrogen (secondary N) is 2. The second-order valence-electron chi connectivity index (χ2n) is 6.76. The van der Waals surface area contributed by atoms with Crippen molar-refractivity contribution in [3.63, 3.8) is 0 Å². The van der Waals surface area contributed by atoms with Gasteiger partial charge in [-0.15, -0.1) is 0 Å². The van der Waals surface area contributed by atoms with Crippen LogP contribution in [0.4, 0.5) is 4.39 Å². The van der Waals surface area contributed by atoms with Crippen LogP contribution in [0.15, 0.2) is 23.2 Å². The van der Waals surface area contributed by atoms with Crippen molar-refractivity contribution in [3.8, 4) is 0 Å². The number of benzene rings is 1. The summed E-state index contributed by atoms with van der Waals surface area (Å²) in [5, 5.41) is 6.80. The molecule has 0 spiro atoms. The molecule has 1 saturated heterocycles. The van der Waals surface area contributed by atoms with Crippen LogP contribution in [0, 0.1) is 5.82 Å². The average Bonchev–Trinajstić information content (AvgIpc) is 3.15. The Bertz CT molecular complexity index is 641. The smallest absolute Gasteiger partial charge is 0.243 e. The number of halogens is 2. The third kappa shape index (κ3) is 6.07.